The zero-order valence-corrected chi connectivity index (χ0v) is 15.5. The lowest BCUT2D eigenvalue weighted by molar-refractivity contribution is 0.0955. The summed E-state index contributed by atoms with van der Waals surface area (Å²) in [6, 6.07) is 13.3. The van der Waals surface area contributed by atoms with Crippen molar-refractivity contribution in [3.63, 3.8) is 0 Å². The minimum absolute atomic E-state index is 0.0955. The van der Waals surface area contributed by atoms with Gasteiger partial charge in [0.1, 0.15) is 5.75 Å². The third-order valence-corrected chi connectivity index (χ3v) is 4.86. The quantitative estimate of drug-likeness (QED) is 0.798. The van der Waals surface area contributed by atoms with E-state index in [1.54, 1.807) is 48.5 Å². The number of carbonyl (C=O) groups is 1. The van der Waals surface area contributed by atoms with E-state index in [0.29, 0.717) is 22.0 Å². The van der Waals surface area contributed by atoms with Crippen LogP contribution in [0, 0.1) is 0 Å². The van der Waals surface area contributed by atoms with Crippen molar-refractivity contribution in [2.24, 2.45) is 0 Å². The first kappa shape index (κ1) is 19.1. The number of nitrogens with zero attached hydrogens (tertiary/aromatic N) is 1. The van der Waals surface area contributed by atoms with Crippen LogP contribution in [0.1, 0.15) is 10.4 Å². The van der Waals surface area contributed by atoms with E-state index < -0.39 is 10.0 Å². The largest absolute Gasteiger partial charge is 0.497 e. The molecule has 1 N–H and O–H groups in total. The van der Waals surface area contributed by atoms with Crippen LogP contribution < -0.4 is 14.4 Å². The molecule has 0 aliphatic rings. The van der Waals surface area contributed by atoms with Crippen LogP contribution in [0.4, 0.5) is 5.69 Å². The molecule has 0 aliphatic heterocycles. The van der Waals surface area contributed by atoms with Crippen molar-refractivity contribution < 1.29 is 17.9 Å². The summed E-state index contributed by atoms with van der Waals surface area (Å²) in [7, 11) is -2.00. The fourth-order valence-electron chi connectivity index (χ4n) is 2.25. The minimum atomic E-state index is -3.51. The van der Waals surface area contributed by atoms with Gasteiger partial charge in [-0.3, -0.25) is 9.10 Å². The van der Waals surface area contributed by atoms with Gasteiger partial charge in [-0.05, 0) is 30.3 Å². The van der Waals surface area contributed by atoms with E-state index in [2.05, 4.69) is 5.32 Å². The highest BCUT2D eigenvalue weighted by Gasteiger charge is 2.18. The Balaban J connectivity index is 2.07. The molecule has 0 fully saturated rings. The van der Waals surface area contributed by atoms with E-state index in [4.69, 9.17) is 16.3 Å². The molecule has 6 nitrogen and oxygen atoms in total. The number of rotatable bonds is 7. The van der Waals surface area contributed by atoms with Crippen LogP contribution in [0.15, 0.2) is 48.5 Å². The molecule has 2 rings (SSSR count). The number of hydrogen-bond donors (Lipinski definition) is 1. The van der Waals surface area contributed by atoms with Gasteiger partial charge in [0.2, 0.25) is 10.0 Å². The Bertz CT molecular complexity index is 855. The molecule has 0 saturated carbocycles. The highest BCUT2D eigenvalue weighted by Crippen LogP contribution is 2.22. The number of carbonyl (C=O) groups excluding carboxylic acids is 1. The predicted molar refractivity (Wildman–Crippen MR) is 99.0 cm³/mol. The lowest BCUT2D eigenvalue weighted by Crippen LogP contribution is -2.38. The predicted octanol–water partition coefficient (Wildman–Crippen LogP) is 2.54. The third-order valence-electron chi connectivity index (χ3n) is 3.43. The molecule has 134 valence electrons. The first-order chi connectivity index (χ1) is 11.8. The van der Waals surface area contributed by atoms with Gasteiger partial charge in [-0.15, -0.1) is 0 Å². The monoisotopic (exact) mass is 382 g/mol. The number of amides is 1. The van der Waals surface area contributed by atoms with Crippen molar-refractivity contribution in [1.82, 2.24) is 5.32 Å². The van der Waals surface area contributed by atoms with Crippen LogP contribution in [-0.2, 0) is 10.0 Å². The Morgan fingerprint density at radius 1 is 1.20 bits per heavy atom. The van der Waals surface area contributed by atoms with Crippen LogP contribution in [0.2, 0.25) is 5.02 Å². The second-order valence-electron chi connectivity index (χ2n) is 5.30. The first-order valence-electron chi connectivity index (χ1n) is 7.47. The maximum Gasteiger partial charge on any atom is 0.251 e. The van der Waals surface area contributed by atoms with Gasteiger partial charge in [0.05, 0.1) is 25.6 Å². The van der Waals surface area contributed by atoms with Gasteiger partial charge < -0.3 is 10.1 Å². The van der Waals surface area contributed by atoms with Crippen molar-refractivity contribution >= 4 is 33.2 Å². The van der Waals surface area contributed by atoms with Crippen LogP contribution in [0.25, 0.3) is 0 Å². The third kappa shape index (κ3) is 5.37. The summed E-state index contributed by atoms with van der Waals surface area (Å²) in [5.41, 5.74) is 0.888. The smallest absolute Gasteiger partial charge is 0.251 e. The van der Waals surface area contributed by atoms with Crippen molar-refractivity contribution in [2.45, 2.75) is 0 Å². The summed E-state index contributed by atoms with van der Waals surface area (Å²) in [6.45, 7) is 0.244. The summed E-state index contributed by atoms with van der Waals surface area (Å²) in [5.74, 6) is 0.232. The Kier molecular flexibility index (Phi) is 6.27. The average Bonchev–Trinajstić information content (AvgIpc) is 2.57. The van der Waals surface area contributed by atoms with Gasteiger partial charge >= 0.3 is 0 Å². The van der Waals surface area contributed by atoms with Gasteiger partial charge in [0, 0.05) is 23.2 Å². The fraction of sp³-hybridized carbons (Fsp3) is 0.235. The number of halogens is 1. The summed E-state index contributed by atoms with van der Waals surface area (Å²) < 4.78 is 30.5. The van der Waals surface area contributed by atoms with Crippen LogP contribution in [0.5, 0.6) is 5.75 Å². The molecule has 0 radical (unpaired) electrons. The zero-order valence-electron chi connectivity index (χ0n) is 13.9. The van der Waals surface area contributed by atoms with E-state index in [9.17, 15) is 13.2 Å². The molecule has 8 heteroatoms. The number of ether oxygens (including phenoxy) is 1. The van der Waals surface area contributed by atoms with E-state index in [1.165, 1.54) is 11.4 Å². The van der Waals surface area contributed by atoms with Gasteiger partial charge in [0.25, 0.3) is 5.91 Å². The van der Waals surface area contributed by atoms with Gasteiger partial charge in [0.15, 0.2) is 0 Å². The molecule has 0 spiro atoms. The summed E-state index contributed by atoms with van der Waals surface area (Å²) in [6.07, 6.45) is 1.12. The van der Waals surface area contributed by atoms with Crippen LogP contribution in [-0.4, -0.2) is 40.8 Å². The number of nitrogens with one attached hydrogen (secondary N) is 1. The normalized spacial score (nSPS) is 11.0. The molecular weight excluding hydrogens is 364 g/mol. The molecule has 25 heavy (non-hydrogen) atoms. The van der Waals surface area contributed by atoms with Gasteiger partial charge in [-0.25, -0.2) is 8.42 Å². The van der Waals surface area contributed by atoms with Crippen LogP contribution >= 0.6 is 11.6 Å². The number of methoxy groups -OCH3 is 1. The molecule has 0 atom stereocenters. The second-order valence-corrected chi connectivity index (χ2v) is 7.65. The molecule has 0 aromatic heterocycles. The van der Waals surface area contributed by atoms with Crippen LogP contribution in [0.3, 0.4) is 0 Å². The molecular formula is C17H19ClN2O4S. The Morgan fingerprint density at radius 3 is 2.56 bits per heavy atom. The molecule has 1 amide bonds. The molecule has 0 aliphatic carbocycles. The summed E-state index contributed by atoms with van der Waals surface area (Å²) in [4.78, 5) is 12.1. The highest BCUT2D eigenvalue weighted by molar-refractivity contribution is 7.92. The van der Waals surface area contributed by atoms with Crippen molar-refractivity contribution in [2.75, 3.05) is 30.8 Å². The summed E-state index contributed by atoms with van der Waals surface area (Å²) in [5, 5.41) is 3.15. The lowest BCUT2D eigenvalue weighted by Gasteiger charge is -2.23. The molecule has 0 unspecified atom stereocenters. The average molecular weight is 383 g/mol. The number of benzene rings is 2. The SMILES string of the molecule is COc1cccc(N(CCNC(=O)c2cccc(Cl)c2)S(C)(=O)=O)c1. The molecule has 0 bridgehead atoms. The number of anilines is 1. The topological polar surface area (TPSA) is 75.7 Å². The standard InChI is InChI=1S/C17H19ClN2O4S/c1-24-16-8-4-7-15(12-16)20(25(2,22)23)10-9-19-17(21)13-5-3-6-14(18)11-13/h3-8,11-12H,9-10H2,1-2H3,(H,19,21). The Hall–Kier alpha value is -2.25. The Morgan fingerprint density at radius 2 is 1.92 bits per heavy atom. The summed E-state index contributed by atoms with van der Waals surface area (Å²) >= 11 is 5.86. The van der Waals surface area contributed by atoms with E-state index in [1.807, 2.05) is 0 Å². The van der Waals surface area contributed by atoms with E-state index in [-0.39, 0.29) is 19.0 Å². The Labute approximate surface area is 152 Å². The maximum absolute atomic E-state index is 12.1. The molecule has 2 aromatic carbocycles. The number of hydrogen-bond acceptors (Lipinski definition) is 4. The highest BCUT2D eigenvalue weighted by atomic mass is 35.5. The van der Waals surface area contributed by atoms with Crippen molar-refractivity contribution in [1.29, 1.82) is 0 Å². The molecule has 0 heterocycles. The van der Waals surface area contributed by atoms with E-state index >= 15 is 0 Å². The second kappa shape index (κ2) is 8.22. The fourth-order valence-corrected chi connectivity index (χ4v) is 3.36. The van der Waals surface area contributed by atoms with Gasteiger partial charge in [-0.1, -0.05) is 23.7 Å². The zero-order chi connectivity index (χ0) is 18.4. The first-order valence-corrected chi connectivity index (χ1v) is 9.69. The van der Waals surface area contributed by atoms with Crippen molar-refractivity contribution in [3.05, 3.63) is 59.1 Å². The lowest BCUT2D eigenvalue weighted by atomic mass is 10.2. The minimum Gasteiger partial charge on any atom is -0.497 e. The molecule has 2 aromatic rings. The maximum atomic E-state index is 12.1. The van der Waals surface area contributed by atoms with Crippen molar-refractivity contribution in [3.8, 4) is 5.75 Å². The number of sulfonamides is 1. The molecule has 0 saturated heterocycles. The van der Waals surface area contributed by atoms with Gasteiger partial charge in [-0.2, -0.15) is 0 Å². The van der Waals surface area contributed by atoms with E-state index in [0.717, 1.165) is 6.26 Å².